The Balaban J connectivity index is 2.83. The van der Waals surface area contributed by atoms with Gasteiger partial charge in [-0.3, -0.25) is 10.1 Å². The zero-order valence-electron chi connectivity index (χ0n) is 15.8. The average molecular weight is 366 g/mol. The van der Waals surface area contributed by atoms with Crippen LogP contribution in [0.3, 0.4) is 0 Å². The van der Waals surface area contributed by atoms with Crippen LogP contribution in [0.5, 0.6) is 11.5 Å². The molecule has 3 amide bonds. The summed E-state index contributed by atoms with van der Waals surface area (Å²) in [6.07, 6.45) is -1.13. The van der Waals surface area contributed by atoms with Gasteiger partial charge in [0.05, 0.1) is 18.8 Å². The van der Waals surface area contributed by atoms with Crippen LogP contribution in [0, 0.1) is 5.92 Å². The van der Waals surface area contributed by atoms with Gasteiger partial charge >= 0.3 is 12.0 Å². The fourth-order valence-electron chi connectivity index (χ4n) is 1.84. The zero-order valence-corrected chi connectivity index (χ0v) is 15.8. The summed E-state index contributed by atoms with van der Waals surface area (Å²) in [6, 6.07) is 3.98. The van der Waals surface area contributed by atoms with E-state index in [9.17, 15) is 14.4 Å². The van der Waals surface area contributed by atoms with Gasteiger partial charge in [-0.05, 0) is 38.0 Å². The molecule has 0 bridgehead atoms. The van der Waals surface area contributed by atoms with Crippen molar-refractivity contribution in [2.75, 3.05) is 20.3 Å². The predicted octanol–water partition coefficient (Wildman–Crippen LogP) is 2.12. The molecule has 26 heavy (non-hydrogen) atoms. The van der Waals surface area contributed by atoms with E-state index in [0.717, 1.165) is 0 Å². The number of carbonyl (C=O) groups is 3. The lowest BCUT2D eigenvalue weighted by Crippen LogP contribution is -2.43. The highest BCUT2D eigenvalue weighted by atomic mass is 16.5. The van der Waals surface area contributed by atoms with Crippen LogP contribution >= 0.6 is 0 Å². The number of ether oxygens (including phenoxy) is 3. The minimum Gasteiger partial charge on any atom is -0.490 e. The van der Waals surface area contributed by atoms with E-state index >= 15 is 0 Å². The van der Waals surface area contributed by atoms with Crippen LogP contribution in [0.1, 0.15) is 38.1 Å². The topological polar surface area (TPSA) is 103 Å². The first kappa shape index (κ1) is 21.3. The van der Waals surface area contributed by atoms with Crippen LogP contribution < -0.4 is 20.1 Å². The van der Waals surface area contributed by atoms with E-state index in [-0.39, 0.29) is 5.56 Å². The van der Waals surface area contributed by atoms with E-state index in [1.54, 1.807) is 6.07 Å². The van der Waals surface area contributed by atoms with E-state index in [4.69, 9.17) is 14.2 Å². The van der Waals surface area contributed by atoms with Crippen molar-refractivity contribution in [3.63, 3.8) is 0 Å². The maximum Gasteiger partial charge on any atom is 0.339 e. The van der Waals surface area contributed by atoms with Gasteiger partial charge in [0, 0.05) is 7.05 Å². The molecular weight excluding hydrogens is 340 g/mol. The van der Waals surface area contributed by atoms with Crippen LogP contribution in [-0.4, -0.2) is 44.3 Å². The summed E-state index contributed by atoms with van der Waals surface area (Å²) in [5.41, 5.74) is 0.213. The Hall–Kier alpha value is -2.77. The number of hydrogen-bond acceptors (Lipinski definition) is 6. The molecule has 1 aromatic rings. The Morgan fingerprint density at radius 3 is 2.35 bits per heavy atom. The number of benzene rings is 1. The average Bonchev–Trinajstić information content (AvgIpc) is 2.60. The van der Waals surface area contributed by atoms with E-state index < -0.39 is 24.0 Å². The van der Waals surface area contributed by atoms with E-state index in [1.165, 1.54) is 26.1 Å². The molecule has 0 saturated heterocycles. The van der Waals surface area contributed by atoms with Gasteiger partial charge in [-0.1, -0.05) is 13.8 Å². The fraction of sp³-hybridized carbons (Fsp3) is 0.500. The Labute approximate surface area is 153 Å². The summed E-state index contributed by atoms with van der Waals surface area (Å²) in [6.45, 7) is 8.17. The van der Waals surface area contributed by atoms with Gasteiger partial charge < -0.3 is 19.5 Å². The molecule has 0 fully saturated rings. The van der Waals surface area contributed by atoms with Crippen molar-refractivity contribution < 1.29 is 28.6 Å². The third kappa shape index (κ3) is 6.62. The highest BCUT2D eigenvalue weighted by Gasteiger charge is 2.21. The maximum atomic E-state index is 12.2. The largest absolute Gasteiger partial charge is 0.490 e. The number of esters is 1. The molecule has 8 heteroatoms. The number of rotatable bonds is 8. The van der Waals surface area contributed by atoms with Crippen LogP contribution in [0.4, 0.5) is 4.79 Å². The minimum atomic E-state index is -1.13. The predicted molar refractivity (Wildman–Crippen MR) is 95.4 cm³/mol. The van der Waals surface area contributed by atoms with Crippen molar-refractivity contribution in [2.24, 2.45) is 5.92 Å². The van der Waals surface area contributed by atoms with Gasteiger partial charge in [-0.2, -0.15) is 0 Å². The van der Waals surface area contributed by atoms with E-state index in [1.807, 2.05) is 26.1 Å². The Kier molecular flexibility index (Phi) is 8.41. The second-order valence-corrected chi connectivity index (χ2v) is 5.92. The molecule has 0 aromatic heterocycles. The Morgan fingerprint density at radius 2 is 1.77 bits per heavy atom. The van der Waals surface area contributed by atoms with Gasteiger partial charge in [-0.15, -0.1) is 0 Å². The second kappa shape index (κ2) is 10.3. The third-order valence-electron chi connectivity index (χ3n) is 3.17. The summed E-state index contributed by atoms with van der Waals surface area (Å²) >= 11 is 0. The van der Waals surface area contributed by atoms with Crippen molar-refractivity contribution in [1.29, 1.82) is 0 Å². The molecule has 1 rings (SSSR count). The number of carbonyl (C=O) groups excluding carboxylic acids is 3. The molecule has 0 heterocycles. The molecule has 0 aliphatic rings. The van der Waals surface area contributed by atoms with Crippen LogP contribution in [0.15, 0.2) is 18.2 Å². The number of urea groups is 1. The van der Waals surface area contributed by atoms with E-state index in [2.05, 4.69) is 5.32 Å². The van der Waals surface area contributed by atoms with Gasteiger partial charge in [0.2, 0.25) is 0 Å². The summed E-state index contributed by atoms with van der Waals surface area (Å²) in [4.78, 5) is 35.1. The lowest BCUT2D eigenvalue weighted by Gasteiger charge is -2.16. The summed E-state index contributed by atoms with van der Waals surface area (Å²) in [5, 5.41) is 4.28. The van der Waals surface area contributed by atoms with Gasteiger partial charge in [0.15, 0.2) is 17.6 Å². The van der Waals surface area contributed by atoms with Gasteiger partial charge in [0.1, 0.15) is 0 Å². The SMILES string of the molecule is CCOc1cc(C(=O)OC(C)C(=O)NC(=O)NC)ccc1OCC(C)C. The second-order valence-electron chi connectivity index (χ2n) is 5.92. The molecule has 0 aliphatic heterocycles. The smallest absolute Gasteiger partial charge is 0.339 e. The van der Waals surface area contributed by atoms with Crippen molar-refractivity contribution in [1.82, 2.24) is 10.6 Å². The number of amides is 3. The van der Waals surface area contributed by atoms with Crippen LogP contribution in [-0.2, 0) is 9.53 Å². The fourth-order valence-corrected chi connectivity index (χ4v) is 1.84. The molecule has 2 N–H and O–H groups in total. The molecular formula is C18H26N2O6. The quantitative estimate of drug-likeness (QED) is 0.683. The number of hydrogen-bond donors (Lipinski definition) is 2. The van der Waals surface area contributed by atoms with Crippen molar-refractivity contribution in [3.8, 4) is 11.5 Å². The molecule has 0 spiro atoms. The Morgan fingerprint density at radius 1 is 1.08 bits per heavy atom. The summed E-state index contributed by atoms with van der Waals surface area (Å²) in [7, 11) is 1.37. The monoisotopic (exact) mass is 366 g/mol. The van der Waals surface area contributed by atoms with E-state index in [0.29, 0.717) is 30.6 Å². The third-order valence-corrected chi connectivity index (χ3v) is 3.17. The van der Waals surface area contributed by atoms with Gasteiger partial charge in [0.25, 0.3) is 5.91 Å². The van der Waals surface area contributed by atoms with Crippen molar-refractivity contribution in [2.45, 2.75) is 33.8 Å². The molecule has 0 saturated carbocycles. The molecule has 0 aliphatic carbocycles. The number of nitrogens with one attached hydrogen (secondary N) is 2. The maximum absolute atomic E-state index is 12.2. The number of imide groups is 1. The highest BCUT2D eigenvalue weighted by molar-refractivity contribution is 5.98. The Bertz CT molecular complexity index is 645. The van der Waals surface area contributed by atoms with Gasteiger partial charge in [-0.25, -0.2) is 9.59 Å². The first-order valence-electron chi connectivity index (χ1n) is 8.41. The lowest BCUT2D eigenvalue weighted by atomic mass is 10.2. The summed E-state index contributed by atoms with van der Waals surface area (Å²) in [5.74, 6) is -0.137. The zero-order chi connectivity index (χ0) is 19.7. The standard InChI is InChI=1S/C18H26N2O6/c1-6-24-15-9-13(7-8-14(15)25-10-11(2)3)17(22)26-12(4)16(21)20-18(23)19-5/h7-9,11-12H,6,10H2,1-5H3,(H2,19,20,21,23). The molecule has 8 nitrogen and oxygen atoms in total. The molecule has 0 radical (unpaired) electrons. The van der Waals surface area contributed by atoms with Crippen LogP contribution in [0.25, 0.3) is 0 Å². The first-order valence-corrected chi connectivity index (χ1v) is 8.41. The lowest BCUT2D eigenvalue weighted by molar-refractivity contribution is -0.127. The molecule has 1 atom stereocenters. The molecule has 1 unspecified atom stereocenters. The molecule has 1 aromatic carbocycles. The minimum absolute atomic E-state index is 0.213. The first-order chi connectivity index (χ1) is 12.3. The molecule has 144 valence electrons. The normalized spacial score (nSPS) is 11.5. The van der Waals surface area contributed by atoms with Crippen molar-refractivity contribution >= 4 is 17.9 Å². The van der Waals surface area contributed by atoms with Crippen molar-refractivity contribution in [3.05, 3.63) is 23.8 Å². The summed E-state index contributed by atoms with van der Waals surface area (Å²) < 4.78 is 16.3. The van der Waals surface area contributed by atoms with Crippen LogP contribution in [0.2, 0.25) is 0 Å². The highest BCUT2D eigenvalue weighted by Crippen LogP contribution is 2.29.